The van der Waals surface area contributed by atoms with E-state index >= 15 is 0 Å². The second-order valence-electron chi connectivity index (χ2n) is 6.78. The van der Waals surface area contributed by atoms with Gasteiger partial charge >= 0.3 is 0 Å². The normalized spacial score (nSPS) is 37.6. The van der Waals surface area contributed by atoms with Crippen molar-refractivity contribution in [3.8, 4) is 0 Å². The average Bonchev–Trinajstić information content (AvgIpc) is 2.79. The van der Waals surface area contributed by atoms with Crippen molar-refractivity contribution in [1.82, 2.24) is 0 Å². The Balaban J connectivity index is 2.16. The predicted octanol–water partition coefficient (Wildman–Crippen LogP) is 3.12. The third-order valence-corrected chi connectivity index (χ3v) is 5.56. The van der Waals surface area contributed by atoms with E-state index in [0.29, 0.717) is 11.8 Å². The molecular formula is C15H28O2. The molecule has 2 aliphatic carbocycles. The Bertz CT molecular complexity index is 256. The predicted molar refractivity (Wildman–Crippen MR) is 69.7 cm³/mol. The second-order valence-corrected chi connectivity index (χ2v) is 6.78. The molecule has 2 saturated carbocycles. The fourth-order valence-corrected chi connectivity index (χ4v) is 4.17. The average molecular weight is 240 g/mol. The van der Waals surface area contributed by atoms with Crippen molar-refractivity contribution in [2.75, 3.05) is 6.61 Å². The molecule has 2 N–H and O–H groups in total. The van der Waals surface area contributed by atoms with Crippen LogP contribution >= 0.6 is 0 Å². The van der Waals surface area contributed by atoms with Gasteiger partial charge in [-0.05, 0) is 43.9 Å². The summed E-state index contributed by atoms with van der Waals surface area (Å²) in [5.74, 6) is 1.29. The van der Waals surface area contributed by atoms with Gasteiger partial charge in [-0.1, -0.05) is 33.1 Å². The molecule has 100 valence electrons. The van der Waals surface area contributed by atoms with Gasteiger partial charge < -0.3 is 10.2 Å². The van der Waals surface area contributed by atoms with Gasteiger partial charge in [0.05, 0.1) is 12.2 Å². The van der Waals surface area contributed by atoms with E-state index in [4.69, 9.17) is 0 Å². The number of hydrogen-bond donors (Lipinski definition) is 2. The van der Waals surface area contributed by atoms with Crippen molar-refractivity contribution in [1.29, 1.82) is 0 Å². The molecule has 0 heterocycles. The van der Waals surface area contributed by atoms with Crippen molar-refractivity contribution >= 4 is 0 Å². The Labute approximate surface area is 105 Å². The van der Waals surface area contributed by atoms with E-state index in [0.717, 1.165) is 32.1 Å². The molecule has 0 amide bonds. The highest BCUT2D eigenvalue weighted by Gasteiger charge is 2.53. The van der Waals surface area contributed by atoms with Crippen LogP contribution in [0.3, 0.4) is 0 Å². The summed E-state index contributed by atoms with van der Waals surface area (Å²) in [6, 6.07) is 0. The van der Waals surface area contributed by atoms with E-state index in [2.05, 4.69) is 13.8 Å². The van der Waals surface area contributed by atoms with Crippen LogP contribution in [0.4, 0.5) is 0 Å². The molecular weight excluding hydrogens is 212 g/mol. The maximum atomic E-state index is 11.1. The van der Waals surface area contributed by atoms with Gasteiger partial charge in [0.1, 0.15) is 0 Å². The smallest absolute Gasteiger partial charge is 0.0728 e. The topological polar surface area (TPSA) is 40.5 Å². The fourth-order valence-electron chi connectivity index (χ4n) is 4.17. The van der Waals surface area contributed by atoms with Gasteiger partial charge in [0.25, 0.3) is 0 Å². The molecule has 2 unspecified atom stereocenters. The van der Waals surface area contributed by atoms with Gasteiger partial charge in [0.2, 0.25) is 0 Å². The van der Waals surface area contributed by atoms with E-state index < -0.39 is 5.60 Å². The molecule has 2 nitrogen and oxygen atoms in total. The zero-order valence-corrected chi connectivity index (χ0v) is 11.4. The molecule has 2 atom stereocenters. The van der Waals surface area contributed by atoms with Crippen LogP contribution in [0.5, 0.6) is 0 Å². The van der Waals surface area contributed by atoms with Crippen LogP contribution < -0.4 is 0 Å². The molecule has 2 heteroatoms. The maximum Gasteiger partial charge on any atom is 0.0728 e. The molecule has 0 radical (unpaired) electrons. The van der Waals surface area contributed by atoms with Crippen LogP contribution in [-0.4, -0.2) is 22.4 Å². The fraction of sp³-hybridized carbons (Fsp3) is 1.00. The third-order valence-electron chi connectivity index (χ3n) is 5.56. The molecule has 0 aromatic heterocycles. The van der Waals surface area contributed by atoms with Crippen LogP contribution in [-0.2, 0) is 0 Å². The number of aliphatic hydroxyl groups is 2. The first-order valence-corrected chi connectivity index (χ1v) is 7.36. The van der Waals surface area contributed by atoms with Crippen LogP contribution in [0.1, 0.15) is 65.2 Å². The van der Waals surface area contributed by atoms with Crippen molar-refractivity contribution < 1.29 is 10.2 Å². The second kappa shape index (κ2) is 4.89. The molecule has 0 aromatic carbocycles. The quantitative estimate of drug-likeness (QED) is 0.795. The Morgan fingerprint density at radius 1 is 1.12 bits per heavy atom. The van der Waals surface area contributed by atoms with Crippen LogP contribution in [0, 0.1) is 17.3 Å². The van der Waals surface area contributed by atoms with Crippen molar-refractivity contribution in [2.24, 2.45) is 17.3 Å². The van der Waals surface area contributed by atoms with Gasteiger partial charge in [-0.3, -0.25) is 0 Å². The molecule has 2 aliphatic rings. The lowest BCUT2D eigenvalue weighted by Crippen LogP contribution is -2.52. The summed E-state index contributed by atoms with van der Waals surface area (Å²) < 4.78 is 0. The van der Waals surface area contributed by atoms with Gasteiger partial charge in [-0.25, -0.2) is 0 Å². The molecule has 0 saturated heterocycles. The number of rotatable bonds is 3. The Morgan fingerprint density at radius 2 is 1.76 bits per heavy atom. The van der Waals surface area contributed by atoms with Crippen molar-refractivity contribution in [2.45, 2.75) is 70.8 Å². The summed E-state index contributed by atoms with van der Waals surface area (Å²) in [4.78, 5) is 0. The minimum absolute atomic E-state index is 0.175. The van der Waals surface area contributed by atoms with E-state index in [1.807, 2.05) is 0 Å². The Kier molecular flexibility index (Phi) is 3.84. The summed E-state index contributed by atoms with van der Waals surface area (Å²) in [7, 11) is 0. The van der Waals surface area contributed by atoms with Crippen LogP contribution in [0.15, 0.2) is 0 Å². The van der Waals surface area contributed by atoms with E-state index in [1.54, 1.807) is 0 Å². The lowest BCUT2D eigenvalue weighted by Gasteiger charge is -2.49. The monoisotopic (exact) mass is 240 g/mol. The van der Waals surface area contributed by atoms with E-state index in [9.17, 15) is 10.2 Å². The van der Waals surface area contributed by atoms with Gasteiger partial charge in [0, 0.05) is 5.41 Å². The first-order valence-electron chi connectivity index (χ1n) is 7.36. The SMILES string of the molecule is CC(C)C1CCCC(O)(C2(CO)CCCC2)C1. The van der Waals surface area contributed by atoms with Gasteiger partial charge in [-0.2, -0.15) is 0 Å². The first kappa shape index (κ1) is 13.4. The van der Waals surface area contributed by atoms with Gasteiger partial charge in [-0.15, -0.1) is 0 Å². The standard InChI is InChI=1S/C15H28O2/c1-12(2)13-6-5-9-15(17,10-13)14(11-16)7-3-4-8-14/h12-13,16-17H,3-11H2,1-2H3. The maximum absolute atomic E-state index is 11.1. The molecule has 2 rings (SSSR count). The lowest BCUT2D eigenvalue weighted by atomic mass is 9.60. The Morgan fingerprint density at radius 3 is 2.29 bits per heavy atom. The number of aliphatic hydroxyl groups excluding tert-OH is 1. The highest BCUT2D eigenvalue weighted by atomic mass is 16.3. The highest BCUT2D eigenvalue weighted by Crippen LogP contribution is 2.53. The summed E-state index contributed by atoms with van der Waals surface area (Å²) in [6.07, 6.45) is 8.57. The largest absolute Gasteiger partial charge is 0.396 e. The Hall–Kier alpha value is -0.0800. The molecule has 17 heavy (non-hydrogen) atoms. The molecule has 0 bridgehead atoms. The zero-order valence-electron chi connectivity index (χ0n) is 11.4. The molecule has 0 aliphatic heterocycles. The summed E-state index contributed by atoms with van der Waals surface area (Å²) in [5, 5.41) is 20.9. The zero-order chi connectivity index (χ0) is 12.5. The van der Waals surface area contributed by atoms with Crippen LogP contribution in [0.2, 0.25) is 0 Å². The number of hydrogen-bond acceptors (Lipinski definition) is 2. The highest BCUT2D eigenvalue weighted by molar-refractivity contribution is 5.04. The van der Waals surface area contributed by atoms with E-state index in [-0.39, 0.29) is 12.0 Å². The third kappa shape index (κ3) is 2.26. The van der Waals surface area contributed by atoms with Crippen molar-refractivity contribution in [3.63, 3.8) is 0 Å². The minimum Gasteiger partial charge on any atom is -0.396 e. The molecule has 2 fully saturated rings. The summed E-state index contributed by atoms with van der Waals surface area (Å²) >= 11 is 0. The first-order chi connectivity index (χ1) is 8.03. The summed E-state index contributed by atoms with van der Waals surface area (Å²) in [5.41, 5.74) is -0.772. The minimum atomic E-state index is -0.592. The summed E-state index contributed by atoms with van der Waals surface area (Å²) in [6.45, 7) is 4.70. The molecule has 0 aromatic rings. The molecule has 0 spiro atoms. The van der Waals surface area contributed by atoms with Crippen molar-refractivity contribution in [3.05, 3.63) is 0 Å². The van der Waals surface area contributed by atoms with E-state index in [1.165, 1.54) is 19.3 Å². The van der Waals surface area contributed by atoms with Gasteiger partial charge in [0.15, 0.2) is 0 Å². The lowest BCUT2D eigenvalue weighted by molar-refractivity contribution is -0.142. The van der Waals surface area contributed by atoms with Crippen LogP contribution in [0.25, 0.3) is 0 Å².